The largest absolute Gasteiger partial charge is 0.465 e. The molecule has 0 heterocycles. The minimum atomic E-state index is -0.789. The molecule has 0 radical (unpaired) electrons. The summed E-state index contributed by atoms with van der Waals surface area (Å²) in [4.78, 5) is 11.9. The number of nitrogens with zero attached hydrogens (tertiary/aromatic N) is 1. The predicted octanol–water partition coefficient (Wildman–Crippen LogP) is 2.29. The van der Waals surface area contributed by atoms with Crippen LogP contribution in [0.4, 0.5) is 4.39 Å². The lowest BCUT2D eigenvalue weighted by atomic mass is 9.91. The van der Waals surface area contributed by atoms with Crippen molar-refractivity contribution in [2.24, 2.45) is 0 Å². The third kappa shape index (κ3) is 1.89. The Hall–Kier alpha value is -1.89. The number of benzene rings is 1. The summed E-state index contributed by atoms with van der Waals surface area (Å²) in [5.74, 6) is -0.795. The Morgan fingerprint density at radius 1 is 1.59 bits per heavy atom. The summed E-state index contributed by atoms with van der Waals surface area (Å²) in [6.07, 6.45) is 1.23. The molecule has 0 N–H and O–H groups in total. The van der Waals surface area contributed by atoms with E-state index in [1.54, 1.807) is 6.92 Å². The van der Waals surface area contributed by atoms with E-state index < -0.39 is 11.2 Å². The van der Waals surface area contributed by atoms with Crippen molar-refractivity contribution in [2.75, 3.05) is 6.61 Å². The highest BCUT2D eigenvalue weighted by Gasteiger charge is 2.54. The van der Waals surface area contributed by atoms with Crippen molar-refractivity contribution >= 4 is 5.97 Å². The Morgan fingerprint density at radius 2 is 2.29 bits per heavy atom. The second-order valence-corrected chi connectivity index (χ2v) is 4.10. The molecule has 0 spiro atoms. The van der Waals surface area contributed by atoms with Crippen molar-refractivity contribution in [2.45, 2.75) is 25.2 Å². The van der Waals surface area contributed by atoms with Gasteiger partial charge in [0.2, 0.25) is 0 Å². The van der Waals surface area contributed by atoms with Gasteiger partial charge in [-0.15, -0.1) is 0 Å². The number of carbonyl (C=O) groups excluding carboxylic acids is 1. The summed E-state index contributed by atoms with van der Waals surface area (Å²) in [6, 6.07) is 5.89. The number of halogens is 1. The van der Waals surface area contributed by atoms with Gasteiger partial charge in [-0.2, -0.15) is 5.26 Å². The normalized spacial score (nSPS) is 16.1. The van der Waals surface area contributed by atoms with Crippen LogP contribution >= 0.6 is 0 Å². The lowest BCUT2D eigenvalue weighted by Crippen LogP contribution is -2.24. The predicted molar refractivity (Wildman–Crippen MR) is 58.7 cm³/mol. The van der Waals surface area contributed by atoms with Gasteiger partial charge in [0.15, 0.2) is 0 Å². The summed E-state index contributed by atoms with van der Waals surface area (Å²) >= 11 is 0. The Balaban J connectivity index is 2.43. The van der Waals surface area contributed by atoms with E-state index in [1.165, 1.54) is 18.2 Å². The lowest BCUT2D eigenvalue weighted by Gasteiger charge is -2.15. The minimum absolute atomic E-state index is 0.289. The van der Waals surface area contributed by atoms with Crippen LogP contribution in [-0.4, -0.2) is 12.6 Å². The van der Waals surface area contributed by atoms with E-state index in [0.29, 0.717) is 24.0 Å². The topological polar surface area (TPSA) is 50.1 Å². The monoisotopic (exact) mass is 233 g/mol. The molecule has 0 saturated heterocycles. The van der Waals surface area contributed by atoms with Crippen molar-refractivity contribution in [1.29, 1.82) is 5.26 Å². The first kappa shape index (κ1) is 11.6. The number of carbonyl (C=O) groups is 1. The quantitative estimate of drug-likeness (QED) is 0.752. The van der Waals surface area contributed by atoms with Gasteiger partial charge in [0.1, 0.15) is 5.82 Å². The molecule has 1 saturated carbocycles. The van der Waals surface area contributed by atoms with Gasteiger partial charge in [-0.05, 0) is 43.5 Å². The zero-order valence-corrected chi connectivity index (χ0v) is 9.50. The number of rotatable bonds is 3. The highest BCUT2D eigenvalue weighted by atomic mass is 19.1. The highest BCUT2D eigenvalue weighted by Crippen LogP contribution is 2.50. The molecule has 0 aromatic heterocycles. The summed E-state index contributed by atoms with van der Waals surface area (Å²) in [5, 5.41) is 8.99. The molecule has 1 aliphatic carbocycles. The van der Waals surface area contributed by atoms with Crippen LogP contribution in [0.3, 0.4) is 0 Å². The van der Waals surface area contributed by atoms with E-state index in [0.717, 1.165) is 0 Å². The maximum atomic E-state index is 13.2. The maximum absolute atomic E-state index is 13.2. The fourth-order valence-electron chi connectivity index (χ4n) is 1.99. The highest BCUT2D eigenvalue weighted by molar-refractivity contribution is 5.87. The second-order valence-electron chi connectivity index (χ2n) is 4.10. The third-order valence-corrected chi connectivity index (χ3v) is 3.03. The number of hydrogen-bond acceptors (Lipinski definition) is 3. The molecule has 0 atom stereocenters. The first-order valence-electron chi connectivity index (χ1n) is 5.51. The van der Waals surface area contributed by atoms with Crippen LogP contribution in [0.5, 0.6) is 0 Å². The molecule has 0 aliphatic heterocycles. The van der Waals surface area contributed by atoms with Crippen LogP contribution in [0.2, 0.25) is 0 Å². The summed E-state index contributed by atoms with van der Waals surface area (Å²) in [7, 11) is 0. The average molecular weight is 233 g/mol. The number of nitriles is 1. The minimum Gasteiger partial charge on any atom is -0.465 e. The third-order valence-electron chi connectivity index (χ3n) is 3.03. The molecule has 1 aliphatic rings. The van der Waals surface area contributed by atoms with Crippen LogP contribution in [0.25, 0.3) is 0 Å². The van der Waals surface area contributed by atoms with Gasteiger partial charge in [0, 0.05) is 0 Å². The molecule has 17 heavy (non-hydrogen) atoms. The van der Waals surface area contributed by atoms with E-state index in [2.05, 4.69) is 0 Å². The van der Waals surface area contributed by atoms with Crippen LogP contribution in [-0.2, 0) is 14.9 Å². The fourth-order valence-corrected chi connectivity index (χ4v) is 1.99. The summed E-state index contributed by atoms with van der Waals surface area (Å²) < 4.78 is 18.2. The van der Waals surface area contributed by atoms with E-state index in [4.69, 9.17) is 10.00 Å². The fraction of sp³-hybridized carbons (Fsp3) is 0.385. The molecular formula is C13H12FNO2. The Morgan fingerprint density at radius 3 is 2.82 bits per heavy atom. The van der Waals surface area contributed by atoms with Gasteiger partial charge in [-0.3, -0.25) is 4.79 Å². The summed E-state index contributed by atoms with van der Waals surface area (Å²) in [5.41, 5.74) is 0.0128. The molecule has 3 nitrogen and oxygen atoms in total. The van der Waals surface area contributed by atoms with Crippen LogP contribution in [0.1, 0.15) is 30.9 Å². The van der Waals surface area contributed by atoms with Crippen molar-refractivity contribution in [3.05, 3.63) is 35.1 Å². The maximum Gasteiger partial charge on any atom is 0.316 e. The Labute approximate surface area is 98.8 Å². The Kier molecular flexibility index (Phi) is 2.84. The van der Waals surface area contributed by atoms with E-state index >= 15 is 0 Å². The SMILES string of the molecule is CCOC(=O)C1(c2cc(F)ccc2C#N)CC1. The Bertz CT molecular complexity index is 501. The van der Waals surface area contributed by atoms with Gasteiger partial charge < -0.3 is 4.74 Å². The van der Waals surface area contributed by atoms with Crippen LogP contribution in [0, 0.1) is 17.1 Å². The average Bonchev–Trinajstić information content (AvgIpc) is 3.10. The first-order chi connectivity index (χ1) is 8.14. The zero-order chi connectivity index (χ0) is 12.5. The number of ether oxygens (including phenoxy) is 1. The summed E-state index contributed by atoms with van der Waals surface area (Å²) in [6.45, 7) is 2.02. The molecule has 1 aromatic carbocycles. The van der Waals surface area contributed by atoms with Gasteiger partial charge in [0.25, 0.3) is 0 Å². The van der Waals surface area contributed by atoms with Crippen LogP contribution in [0.15, 0.2) is 18.2 Å². The van der Waals surface area contributed by atoms with Crippen molar-refractivity contribution in [3.63, 3.8) is 0 Å². The first-order valence-corrected chi connectivity index (χ1v) is 5.51. The van der Waals surface area contributed by atoms with Crippen LogP contribution < -0.4 is 0 Å². The zero-order valence-electron chi connectivity index (χ0n) is 9.50. The molecule has 1 aromatic rings. The van der Waals surface area contributed by atoms with E-state index in [1.807, 2.05) is 6.07 Å². The molecule has 4 heteroatoms. The van der Waals surface area contributed by atoms with E-state index in [-0.39, 0.29) is 12.6 Å². The lowest BCUT2D eigenvalue weighted by molar-refractivity contribution is -0.146. The molecular weight excluding hydrogens is 221 g/mol. The smallest absolute Gasteiger partial charge is 0.316 e. The van der Waals surface area contributed by atoms with Gasteiger partial charge in [0.05, 0.1) is 23.7 Å². The van der Waals surface area contributed by atoms with Gasteiger partial charge in [-0.1, -0.05) is 0 Å². The molecule has 0 bridgehead atoms. The van der Waals surface area contributed by atoms with Crippen molar-refractivity contribution < 1.29 is 13.9 Å². The number of esters is 1. The van der Waals surface area contributed by atoms with Crippen molar-refractivity contribution in [1.82, 2.24) is 0 Å². The molecule has 88 valence electrons. The second kappa shape index (κ2) is 4.17. The molecule has 0 amide bonds. The standard InChI is InChI=1S/C13H12FNO2/c1-2-17-12(16)13(5-6-13)11-7-10(14)4-3-9(11)8-15/h3-4,7H,2,5-6H2,1H3. The van der Waals surface area contributed by atoms with E-state index in [9.17, 15) is 9.18 Å². The number of hydrogen-bond donors (Lipinski definition) is 0. The van der Waals surface area contributed by atoms with Gasteiger partial charge >= 0.3 is 5.97 Å². The molecule has 0 unspecified atom stereocenters. The van der Waals surface area contributed by atoms with Crippen molar-refractivity contribution in [3.8, 4) is 6.07 Å². The molecule has 1 fully saturated rings. The van der Waals surface area contributed by atoms with Gasteiger partial charge in [-0.25, -0.2) is 4.39 Å². The molecule has 2 rings (SSSR count).